The van der Waals surface area contributed by atoms with E-state index in [2.05, 4.69) is 5.32 Å². The van der Waals surface area contributed by atoms with Crippen LogP contribution in [0.5, 0.6) is 11.5 Å². The standard InChI is InChI=1S/C24H28N2O5/c1-16(2)31-15-9-14-26-23(27)21(17-10-5-7-12-19(17)29-3)22(24(26)28)25-18-11-6-8-13-20(18)30-4/h5-8,10-13,16,25H,9,14-15H2,1-4H3. The minimum absolute atomic E-state index is 0.0926. The third-order valence-corrected chi connectivity index (χ3v) is 4.89. The molecule has 0 spiro atoms. The SMILES string of the molecule is COc1ccccc1NC1=C(c2ccccc2OC)C(=O)N(CCCOC(C)C)C1=O. The Labute approximate surface area is 182 Å². The number of carbonyl (C=O) groups is 2. The van der Waals surface area contributed by atoms with Gasteiger partial charge < -0.3 is 19.5 Å². The predicted octanol–water partition coefficient (Wildman–Crippen LogP) is 3.71. The van der Waals surface area contributed by atoms with Crippen LogP contribution >= 0.6 is 0 Å². The maximum atomic E-state index is 13.3. The summed E-state index contributed by atoms with van der Waals surface area (Å²) in [5.74, 6) is 0.333. The zero-order chi connectivity index (χ0) is 22.4. The second-order valence-corrected chi connectivity index (χ2v) is 7.31. The molecule has 1 aliphatic rings. The molecule has 3 rings (SSSR count). The molecule has 0 saturated carbocycles. The first kappa shape index (κ1) is 22.4. The van der Waals surface area contributed by atoms with Crippen molar-refractivity contribution >= 4 is 23.1 Å². The summed E-state index contributed by atoms with van der Waals surface area (Å²) in [6.07, 6.45) is 0.645. The highest BCUT2D eigenvalue weighted by atomic mass is 16.5. The van der Waals surface area contributed by atoms with Gasteiger partial charge in [0.1, 0.15) is 17.2 Å². The lowest BCUT2D eigenvalue weighted by Gasteiger charge is -2.16. The Kier molecular flexibility index (Phi) is 7.31. The van der Waals surface area contributed by atoms with Crippen LogP contribution < -0.4 is 14.8 Å². The fraction of sp³-hybridized carbons (Fsp3) is 0.333. The number of rotatable bonds is 10. The van der Waals surface area contributed by atoms with Gasteiger partial charge in [-0.3, -0.25) is 14.5 Å². The van der Waals surface area contributed by atoms with Gasteiger partial charge in [0, 0.05) is 18.7 Å². The highest BCUT2D eigenvalue weighted by Crippen LogP contribution is 2.36. The summed E-state index contributed by atoms with van der Waals surface area (Å²) in [5.41, 5.74) is 1.63. The highest BCUT2D eigenvalue weighted by Gasteiger charge is 2.40. The van der Waals surface area contributed by atoms with Crippen molar-refractivity contribution in [3.05, 3.63) is 59.8 Å². The molecule has 0 aromatic heterocycles. The molecular formula is C24H28N2O5. The molecule has 1 heterocycles. The van der Waals surface area contributed by atoms with Crippen molar-refractivity contribution in [2.75, 3.05) is 32.7 Å². The van der Waals surface area contributed by atoms with Crippen LogP contribution in [0.25, 0.3) is 5.57 Å². The van der Waals surface area contributed by atoms with Crippen LogP contribution in [0.3, 0.4) is 0 Å². The number of amides is 2. The first-order valence-electron chi connectivity index (χ1n) is 10.2. The Hall–Kier alpha value is -3.32. The molecule has 2 amide bonds. The average Bonchev–Trinajstić information content (AvgIpc) is 3.00. The number of ether oxygens (including phenoxy) is 3. The number of methoxy groups -OCH3 is 2. The van der Waals surface area contributed by atoms with E-state index >= 15 is 0 Å². The maximum Gasteiger partial charge on any atom is 0.278 e. The van der Waals surface area contributed by atoms with E-state index in [9.17, 15) is 9.59 Å². The number of hydrogen-bond acceptors (Lipinski definition) is 6. The van der Waals surface area contributed by atoms with Gasteiger partial charge in [0.2, 0.25) is 0 Å². The van der Waals surface area contributed by atoms with Crippen molar-refractivity contribution in [2.45, 2.75) is 26.4 Å². The number of hydrogen-bond donors (Lipinski definition) is 1. The Morgan fingerprint density at radius 1 is 0.903 bits per heavy atom. The molecule has 0 radical (unpaired) electrons. The number of benzene rings is 2. The molecule has 7 heteroatoms. The van der Waals surface area contributed by atoms with Gasteiger partial charge in [-0.2, -0.15) is 0 Å². The number of nitrogens with zero attached hydrogens (tertiary/aromatic N) is 1. The molecule has 164 valence electrons. The van der Waals surface area contributed by atoms with Gasteiger partial charge in [0.15, 0.2) is 0 Å². The minimum atomic E-state index is -0.388. The zero-order valence-electron chi connectivity index (χ0n) is 18.3. The second-order valence-electron chi connectivity index (χ2n) is 7.31. The molecule has 2 aromatic carbocycles. The molecule has 2 aromatic rings. The van der Waals surface area contributed by atoms with E-state index in [0.29, 0.717) is 35.8 Å². The van der Waals surface area contributed by atoms with Crippen LogP contribution in [0, 0.1) is 0 Å². The quantitative estimate of drug-likeness (QED) is 0.463. The summed E-state index contributed by atoms with van der Waals surface area (Å²) in [6, 6.07) is 14.4. The molecule has 0 fully saturated rings. The van der Waals surface area contributed by atoms with E-state index < -0.39 is 0 Å². The number of carbonyl (C=O) groups excluding carboxylic acids is 2. The largest absolute Gasteiger partial charge is 0.496 e. The Bertz CT molecular complexity index is 983. The third-order valence-electron chi connectivity index (χ3n) is 4.89. The summed E-state index contributed by atoms with van der Waals surface area (Å²) < 4.78 is 16.4. The van der Waals surface area contributed by atoms with Gasteiger partial charge in [-0.05, 0) is 38.5 Å². The van der Waals surface area contributed by atoms with Crippen molar-refractivity contribution in [3.63, 3.8) is 0 Å². The average molecular weight is 424 g/mol. The first-order chi connectivity index (χ1) is 15.0. The van der Waals surface area contributed by atoms with Gasteiger partial charge >= 0.3 is 0 Å². The summed E-state index contributed by atoms with van der Waals surface area (Å²) in [4.78, 5) is 27.9. The van der Waals surface area contributed by atoms with E-state index in [1.807, 2.05) is 38.1 Å². The first-order valence-corrected chi connectivity index (χ1v) is 10.2. The molecule has 1 aliphatic heterocycles. The topological polar surface area (TPSA) is 77.1 Å². The molecule has 0 aliphatic carbocycles. The molecule has 0 unspecified atom stereocenters. The summed E-state index contributed by atoms with van der Waals surface area (Å²) in [5, 5.41) is 3.13. The number of anilines is 1. The smallest absolute Gasteiger partial charge is 0.278 e. The second kappa shape index (κ2) is 10.1. The van der Waals surface area contributed by atoms with E-state index in [0.717, 1.165) is 0 Å². The van der Waals surface area contributed by atoms with Crippen LogP contribution in [0.4, 0.5) is 5.69 Å². The van der Waals surface area contributed by atoms with E-state index in [1.165, 1.54) is 12.0 Å². The van der Waals surface area contributed by atoms with Crippen molar-refractivity contribution in [2.24, 2.45) is 0 Å². The van der Waals surface area contributed by atoms with Crippen LogP contribution in [0.1, 0.15) is 25.8 Å². The fourth-order valence-electron chi connectivity index (χ4n) is 3.42. The Morgan fingerprint density at radius 2 is 1.55 bits per heavy atom. The summed E-state index contributed by atoms with van der Waals surface area (Å²) in [7, 11) is 3.09. The van der Waals surface area contributed by atoms with Crippen molar-refractivity contribution in [1.29, 1.82) is 0 Å². The molecule has 1 N–H and O–H groups in total. The van der Waals surface area contributed by atoms with E-state index in [4.69, 9.17) is 14.2 Å². The molecule has 0 atom stereocenters. The van der Waals surface area contributed by atoms with Crippen molar-refractivity contribution in [1.82, 2.24) is 4.90 Å². The van der Waals surface area contributed by atoms with Crippen LogP contribution in [0.2, 0.25) is 0 Å². The lowest BCUT2D eigenvalue weighted by atomic mass is 10.0. The van der Waals surface area contributed by atoms with Crippen LogP contribution in [-0.4, -0.2) is 50.2 Å². The van der Waals surface area contributed by atoms with Crippen LogP contribution in [-0.2, 0) is 14.3 Å². The summed E-state index contributed by atoms with van der Waals surface area (Å²) in [6.45, 7) is 4.62. The zero-order valence-corrected chi connectivity index (χ0v) is 18.3. The molecule has 31 heavy (non-hydrogen) atoms. The Balaban J connectivity index is 1.98. The number of para-hydroxylation sites is 3. The molecule has 0 bridgehead atoms. The van der Waals surface area contributed by atoms with Crippen LogP contribution in [0.15, 0.2) is 54.2 Å². The number of imide groups is 1. The summed E-state index contributed by atoms with van der Waals surface area (Å²) >= 11 is 0. The monoisotopic (exact) mass is 424 g/mol. The molecule has 0 saturated heterocycles. The normalized spacial score (nSPS) is 13.9. The van der Waals surface area contributed by atoms with Gasteiger partial charge in [0.25, 0.3) is 11.8 Å². The van der Waals surface area contributed by atoms with E-state index in [-0.39, 0.29) is 35.7 Å². The Morgan fingerprint density at radius 3 is 2.23 bits per heavy atom. The van der Waals surface area contributed by atoms with Gasteiger partial charge in [-0.15, -0.1) is 0 Å². The molecule has 7 nitrogen and oxygen atoms in total. The fourth-order valence-corrected chi connectivity index (χ4v) is 3.42. The predicted molar refractivity (Wildman–Crippen MR) is 119 cm³/mol. The van der Waals surface area contributed by atoms with Gasteiger partial charge in [-0.25, -0.2) is 0 Å². The van der Waals surface area contributed by atoms with Gasteiger partial charge in [0.05, 0.1) is 31.6 Å². The minimum Gasteiger partial charge on any atom is -0.496 e. The number of nitrogens with one attached hydrogen (secondary N) is 1. The lowest BCUT2D eigenvalue weighted by Crippen LogP contribution is -2.34. The van der Waals surface area contributed by atoms with Crippen molar-refractivity contribution in [3.8, 4) is 11.5 Å². The lowest BCUT2D eigenvalue weighted by molar-refractivity contribution is -0.137. The van der Waals surface area contributed by atoms with Gasteiger partial charge in [-0.1, -0.05) is 30.3 Å². The third kappa shape index (κ3) is 4.88. The van der Waals surface area contributed by atoms with E-state index in [1.54, 1.807) is 31.4 Å². The highest BCUT2D eigenvalue weighted by molar-refractivity contribution is 6.37. The van der Waals surface area contributed by atoms with Crippen molar-refractivity contribution < 1.29 is 23.8 Å². The molecular weight excluding hydrogens is 396 g/mol. The maximum absolute atomic E-state index is 13.3.